The van der Waals surface area contributed by atoms with Gasteiger partial charge in [0, 0.05) is 16.8 Å². The average molecular weight is 482 g/mol. The first-order valence-electron chi connectivity index (χ1n) is 11.8. The van der Waals surface area contributed by atoms with E-state index in [9.17, 15) is 9.59 Å². The Morgan fingerprint density at radius 1 is 0.778 bits per heavy atom. The third kappa shape index (κ3) is 5.58. The smallest absolute Gasteiger partial charge is 0.342 e. The molecular weight excluding hydrogens is 454 g/mol. The zero-order valence-corrected chi connectivity index (χ0v) is 20.2. The van der Waals surface area contributed by atoms with Crippen molar-refractivity contribution in [2.24, 2.45) is 0 Å². The maximum absolute atomic E-state index is 13.3. The van der Waals surface area contributed by atoms with Gasteiger partial charge in [-0.25, -0.2) is 9.59 Å². The Morgan fingerprint density at radius 2 is 1.47 bits per heavy atom. The van der Waals surface area contributed by atoms with E-state index in [0.717, 1.165) is 17.5 Å². The number of ether oxygens (including phenoxy) is 2. The summed E-state index contributed by atoms with van der Waals surface area (Å²) in [7, 11) is 0. The highest BCUT2D eigenvalue weighted by Crippen LogP contribution is 2.37. The van der Waals surface area contributed by atoms with Crippen LogP contribution in [0.3, 0.4) is 0 Å². The summed E-state index contributed by atoms with van der Waals surface area (Å²) in [5, 5.41) is 12.1. The lowest BCUT2D eigenvalue weighted by Gasteiger charge is -2.17. The number of rotatable bonds is 9. The van der Waals surface area contributed by atoms with Crippen LogP contribution in [0.4, 0.5) is 11.5 Å². The fourth-order valence-corrected chi connectivity index (χ4v) is 3.75. The molecule has 7 nitrogen and oxygen atoms in total. The molecule has 0 amide bonds. The Bertz CT molecular complexity index is 1340. The van der Waals surface area contributed by atoms with E-state index >= 15 is 0 Å². The van der Waals surface area contributed by atoms with Gasteiger partial charge in [0.1, 0.15) is 11.3 Å². The summed E-state index contributed by atoms with van der Waals surface area (Å²) in [6.07, 6.45) is 0.734. The van der Waals surface area contributed by atoms with Gasteiger partial charge in [-0.1, -0.05) is 73.7 Å². The molecule has 36 heavy (non-hydrogen) atoms. The summed E-state index contributed by atoms with van der Waals surface area (Å²) in [5.74, 6) is -0.711. The Labute approximate surface area is 210 Å². The molecule has 1 heterocycles. The highest BCUT2D eigenvalue weighted by Gasteiger charge is 2.26. The zero-order valence-electron chi connectivity index (χ0n) is 20.2. The van der Waals surface area contributed by atoms with Crippen molar-refractivity contribution in [1.29, 1.82) is 0 Å². The topological polar surface area (TPSA) is 90.4 Å². The van der Waals surface area contributed by atoms with Gasteiger partial charge in [0.25, 0.3) is 0 Å². The van der Waals surface area contributed by atoms with Gasteiger partial charge in [-0.15, -0.1) is 10.2 Å². The standard InChI is InChI=1S/C29H27N3O4/c1-3-18-36-28(33)22-16-11-17-23(19-22)30-27-25(29(34)35-4-2)24(20-12-7-5-8-13-20)26(31-32-27)21-14-9-6-10-15-21/h5-17,19H,3-4,18H2,1-2H3,(H,30,32). The van der Waals surface area contributed by atoms with Gasteiger partial charge >= 0.3 is 11.9 Å². The molecule has 0 fully saturated rings. The monoisotopic (exact) mass is 481 g/mol. The first-order valence-corrected chi connectivity index (χ1v) is 11.8. The molecule has 0 atom stereocenters. The number of aromatic nitrogens is 2. The van der Waals surface area contributed by atoms with Crippen LogP contribution in [0.5, 0.6) is 0 Å². The van der Waals surface area contributed by atoms with E-state index in [0.29, 0.717) is 29.1 Å². The lowest BCUT2D eigenvalue weighted by atomic mass is 9.95. The molecule has 1 aromatic heterocycles. The molecular formula is C29H27N3O4. The fourth-order valence-electron chi connectivity index (χ4n) is 3.75. The number of benzene rings is 3. The summed E-state index contributed by atoms with van der Waals surface area (Å²) < 4.78 is 10.7. The molecule has 0 saturated heterocycles. The third-order valence-electron chi connectivity index (χ3n) is 5.36. The van der Waals surface area contributed by atoms with Gasteiger partial charge in [-0.3, -0.25) is 0 Å². The Balaban J connectivity index is 1.86. The second kappa shape index (κ2) is 11.8. The number of hydrogen-bond donors (Lipinski definition) is 1. The first-order chi connectivity index (χ1) is 17.6. The number of carbonyl (C=O) groups excluding carboxylic acids is 2. The van der Waals surface area contributed by atoms with Crippen LogP contribution in [0.1, 0.15) is 41.0 Å². The van der Waals surface area contributed by atoms with Crippen LogP contribution in [-0.2, 0) is 9.47 Å². The maximum atomic E-state index is 13.3. The van der Waals surface area contributed by atoms with Crippen LogP contribution < -0.4 is 5.32 Å². The van der Waals surface area contributed by atoms with Crippen molar-refractivity contribution in [1.82, 2.24) is 10.2 Å². The van der Waals surface area contributed by atoms with Crippen LogP contribution >= 0.6 is 0 Å². The first kappa shape index (κ1) is 24.6. The third-order valence-corrected chi connectivity index (χ3v) is 5.36. The van der Waals surface area contributed by atoms with Crippen LogP contribution in [0, 0.1) is 0 Å². The number of anilines is 2. The summed E-state index contributed by atoms with van der Waals surface area (Å²) in [4.78, 5) is 25.7. The molecule has 0 aliphatic carbocycles. The molecule has 4 aromatic rings. The molecule has 182 valence electrons. The molecule has 0 aliphatic heterocycles. The van der Waals surface area contributed by atoms with E-state index in [1.807, 2.05) is 67.6 Å². The quantitative estimate of drug-likeness (QED) is 0.281. The highest BCUT2D eigenvalue weighted by molar-refractivity contribution is 6.05. The lowest BCUT2D eigenvalue weighted by molar-refractivity contribution is 0.0501. The average Bonchev–Trinajstić information content (AvgIpc) is 2.92. The van der Waals surface area contributed by atoms with E-state index in [1.54, 1.807) is 31.2 Å². The number of esters is 2. The number of nitrogens with zero attached hydrogens (tertiary/aromatic N) is 2. The Kier molecular flexibility index (Phi) is 8.03. The largest absolute Gasteiger partial charge is 0.462 e. The molecule has 0 radical (unpaired) electrons. The second-order valence-corrected chi connectivity index (χ2v) is 7.94. The van der Waals surface area contributed by atoms with Crippen molar-refractivity contribution in [2.45, 2.75) is 20.3 Å². The van der Waals surface area contributed by atoms with E-state index in [-0.39, 0.29) is 18.0 Å². The molecule has 4 rings (SSSR count). The van der Waals surface area contributed by atoms with Crippen molar-refractivity contribution >= 4 is 23.4 Å². The molecule has 0 bridgehead atoms. The zero-order chi connectivity index (χ0) is 25.3. The highest BCUT2D eigenvalue weighted by atomic mass is 16.5. The predicted octanol–water partition coefficient (Wildman–Crippen LogP) is 6.30. The SMILES string of the molecule is CCCOC(=O)c1cccc(Nc2nnc(-c3ccccc3)c(-c3ccccc3)c2C(=O)OCC)c1. The number of carbonyl (C=O) groups is 2. The minimum atomic E-state index is -0.524. The molecule has 0 saturated carbocycles. The molecule has 1 N–H and O–H groups in total. The fraction of sp³-hybridized carbons (Fsp3) is 0.172. The minimum Gasteiger partial charge on any atom is -0.462 e. The van der Waals surface area contributed by atoms with E-state index in [2.05, 4.69) is 15.5 Å². The maximum Gasteiger partial charge on any atom is 0.342 e. The van der Waals surface area contributed by atoms with Crippen molar-refractivity contribution in [2.75, 3.05) is 18.5 Å². The predicted molar refractivity (Wildman–Crippen MR) is 139 cm³/mol. The summed E-state index contributed by atoms with van der Waals surface area (Å²) in [6.45, 7) is 4.24. The second-order valence-electron chi connectivity index (χ2n) is 7.94. The van der Waals surface area contributed by atoms with E-state index in [1.165, 1.54) is 0 Å². The summed E-state index contributed by atoms with van der Waals surface area (Å²) >= 11 is 0. The van der Waals surface area contributed by atoms with Crippen molar-refractivity contribution < 1.29 is 19.1 Å². The minimum absolute atomic E-state index is 0.203. The lowest BCUT2D eigenvalue weighted by Crippen LogP contribution is -2.14. The van der Waals surface area contributed by atoms with E-state index < -0.39 is 11.9 Å². The van der Waals surface area contributed by atoms with Gasteiger partial charge in [0.2, 0.25) is 0 Å². The van der Waals surface area contributed by atoms with Crippen LogP contribution in [0.2, 0.25) is 0 Å². The summed E-state index contributed by atoms with van der Waals surface area (Å²) in [5.41, 5.74) is 4.01. The van der Waals surface area contributed by atoms with Crippen LogP contribution in [0.25, 0.3) is 22.4 Å². The molecule has 3 aromatic carbocycles. The van der Waals surface area contributed by atoms with Gasteiger partial charge in [-0.2, -0.15) is 0 Å². The van der Waals surface area contributed by atoms with Crippen LogP contribution in [0.15, 0.2) is 84.9 Å². The van der Waals surface area contributed by atoms with Crippen LogP contribution in [-0.4, -0.2) is 35.3 Å². The van der Waals surface area contributed by atoms with Gasteiger partial charge in [0.05, 0.1) is 18.8 Å². The van der Waals surface area contributed by atoms with Crippen molar-refractivity contribution in [3.63, 3.8) is 0 Å². The van der Waals surface area contributed by atoms with Crippen molar-refractivity contribution in [3.8, 4) is 22.4 Å². The number of nitrogens with one attached hydrogen (secondary N) is 1. The molecule has 0 unspecified atom stereocenters. The number of hydrogen-bond acceptors (Lipinski definition) is 7. The molecule has 0 aliphatic rings. The Hall–Kier alpha value is -4.52. The van der Waals surface area contributed by atoms with E-state index in [4.69, 9.17) is 9.47 Å². The molecule has 7 heteroatoms. The van der Waals surface area contributed by atoms with Crippen molar-refractivity contribution in [3.05, 3.63) is 96.1 Å². The van der Waals surface area contributed by atoms with Gasteiger partial charge in [0.15, 0.2) is 5.82 Å². The molecule has 0 spiro atoms. The van der Waals surface area contributed by atoms with Gasteiger partial charge in [-0.05, 0) is 37.1 Å². The summed E-state index contributed by atoms with van der Waals surface area (Å²) in [6, 6.07) is 26.0. The van der Waals surface area contributed by atoms with Gasteiger partial charge < -0.3 is 14.8 Å². The Morgan fingerprint density at radius 3 is 2.14 bits per heavy atom. The normalized spacial score (nSPS) is 10.5.